The number of rotatable bonds is 18. The summed E-state index contributed by atoms with van der Waals surface area (Å²) in [5.41, 5.74) is 0. The van der Waals surface area contributed by atoms with Crippen LogP contribution in [0.3, 0.4) is 0 Å². The predicted molar refractivity (Wildman–Crippen MR) is 115 cm³/mol. The highest BCUT2D eigenvalue weighted by Crippen LogP contribution is 2.18. The average Bonchev–Trinajstić information content (AvgIpc) is 2.70. The van der Waals surface area contributed by atoms with Crippen LogP contribution in [-0.4, -0.2) is 28.5 Å². The van der Waals surface area contributed by atoms with E-state index in [0.717, 1.165) is 19.3 Å². The highest BCUT2D eigenvalue weighted by atomic mass is 16.6. The first kappa shape index (κ1) is 24.9. The summed E-state index contributed by atoms with van der Waals surface area (Å²) in [5, 5.41) is 22.7. The molecule has 0 aliphatic heterocycles. The fraction of sp³-hybridized carbons (Fsp3) is 0.727. The van der Waals surface area contributed by atoms with Crippen LogP contribution in [0.25, 0.3) is 0 Å². The molecular weight excluding hydrogens is 372 g/mol. The molecule has 0 aliphatic rings. The van der Waals surface area contributed by atoms with E-state index >= 15 is 0 Å². The minimum atomic E-state index is -0.951. The topological polar surface area (TPSA) is 95.5 Å². The lowest BCUT2D eigenvalue weighted by molar-refractivity contribution is -0.561. The number of ether oxygens (including phenoxy) is 1. The van der Waals surface area contributed by atoms with Crippen LogP contribution in [0, 0.1) is 20.2 Å². The van der Waals surface area contributed by atoms with Crippen molar-refractivity contribution < 1.29 is 14.6 Å². The molecule has 0 saturated carbocycles. The summed E-state index contributed by atoms with van der Waals surface area (Å²) in [6.07, 6.45) is 10.8. The maximum Gasteiger partial charge on any atom is 0.223 e. The molecule has 0 radical (unpaired) electrons. The first-order chi connectivity index (χ1) is 14.0. The Hall–Kier alpha value is -2.18. The van der Waals surface area contributed by atoms with Gasteiger partial charge in [-0.2, -0.15) is 0 Å². The standard InChI is InChI=1S/C22H36N2O5/c1-2-3-4-5-6-7-8-9-11-14-20(23(25)26)19-21(24(27)28)17-18-29-22-15-12-10-13-16-22/h10,12-13,15-16,20-21H,2-9,11,14,17-19H2,1H3. The van der Waals surface area contributed by atoms with Crippen LogP contribution < -0.4 is 4.74 Å². The molecule has 1 rings (SSSR count). The molecule has 0 amide bonds. The largest absolute Gasteiger partial charge is 0.493 e. The van der Waals surface area contributed by atoms with Crippen LogP contribution in [0.5, 0.6) is 5.75 Å². The van der Waals surface area contributed by atoms with Crippen molar-refractivity contribution >= 4 is 0 Å². The predicted octanol–water partition coefficient (Wildman–Crippen LogP) is 6.06. The molecule has 29 heavy (non-hydrogen) atoms. The summed E-state index contributed by atoms with van der Waals surface area (Å²) < 4.78 is 5.51. The lowest BCUT2D eigenvalue weighted by atomic mass is 9.99. The first-order valence-electron chi connectivity index (χ1n) is 11.0. The number of nitro groups is 2. The van der Waals surface area contributed by atoms with Crippen LogP contribution >= 0.6 is 0 Å². The minimum Gasteiger partial charge on any atom is -0.493 e. The van der Waals surface area contributed by atoms with E-state index in [9.17, 15) is 20.2 Å². The molecule has 2 atom stereocenters. The van der Waals surface area contributed by atoms with E-state index in [-0.39, 0.29) is 24.4 Å². The molecular formula is C22H36N2O5. The van der Waals surface area contributed by atoms with E-state index in [1.54, 1.807) is 12.1 Å². The van der Waals surface area contributed by atoms with Crippen LogP contribution in [0.15, 0.2) is 30.3 Å². The maximum absolute atomic E-state index is 11.4. The molecule has 7 nitrogen and oxygen atoms in total. The van der Waals surface area contributed by atoms with Gasteiger partial charge in [0.05, 0.1) is 13.0 Å². The second-order valence-electron chi connectivity index (χ2n) is 7.68. The number of hydrogen-bond donors (Lipinski definition) is 0. The normalized spacial score (nSPS) is 13.0. The van der Waals surface area contributed by atoms with Gasteiger partial charge >= 0.3 is 0 Å². The third-order valence-electron chi connectivity index (χ3n) is 5.24. The zero-order valence-electron chi connectivity index (χ0n) is 17.7. The van der Waals surface area contributed by atoms with Gasteiger partial charge in [-0.1, -0.05) is 76.5 Å². The van der Waals surface area contributed by atoms with Crippen molar-refractivity contribution in [2.75, 3.05) is 6.61 Å². The SMILES string of the molecule is CCCCCCCCCCCC(CC(CCOc1ccccc1)[N+](=O)[O-])[N+](=O)[O-]. The highest BCUT2D eigenvalue weighted by molar-refractivity contribution is 5.20. The van der Waals surface area contributed by atoms with Gasteiger partial charge in [-0.05, 0) is 18.6 Å². The maximum atomic E-state index is 11.4. The van der Waals surface area contributed by atoms with E-state index in [4.69, 9.17) is 4.74 Å². The van der Waals surface area contributed by atoms with Crippen LogP contribution in [0.1, 0.15) is 84.0 Å². The van der Waals surface area contributed by atoms with Gasteiger partial charge in [-0.15, -0.1) is 0 Å². The average molecular weight is 409 g/mol. The molecule has 164 valence electrons. The molecule has 2 unspecified atom stereocenters. The van der Waals surface area contributed by atoms with Gasteiger partial charge < -0.3 is 4.74 Å². The second-order valence-corrected chi connectivity index (χ2v) is 7.68. The van der Waals surface area contributed by atoms with E-state index in [1.807, 2.05) is 18.2 Å². The van der Waals surface area contributed by atoms with E-state index in [1.165, 1.54) is 38.5 Å². The molecule has 7 heteroatoms. The Balaban J connectivity index is 2.29. The van der Waals surface area contributed by atoms with Gasteiger partial charge in [-0.3, -0.25) is 20.2 Å². The number of nitrogens with zero attached hydrogens (tertiary/aromatic N) is 2. The van der Waals surface area contributed by atoms with Crippen LogP contribution in [0.2, 0.25) is 0 Å². The smallest absolute Gasteiger partial charge is 0.223 e. The molecule has 0 heterocycles. The Labute approximate surface area is 174 Å². The Morgan fingerprint density at radius 2 is 1.31 bits per heavy atom. The van der Waals surface area contributed by atoms with Crippen molar-refractivity contribution in [2.24, 2.45) is 0 Å². The van der Waals surface area contributed by atoms with E-state index < -0.39 is 17.0 Å². The van der Waals surface area contributed by atoms with E-state index in [2.05, 4.69) is 6.92 Å². The van der Waals surface area contributed by atoms with Crippen LogP contribution in [0.4, 0.5) is 0 Å². The molecule has 0 N–H and O–H groups in total. The summed E-state index contributed by atoms with van der Waals surface area (Å²) in [6, 6.07) is 7.28. The molecule has 0 aliphatic carbocycles. The summed E-state index contributed by atoms with van der Waals surface area (Å²) in [4.78, 5) is 22.0. The van der Waals surface area contributed by atoms with Crippen molar-refractivity contribution in [1.29, 1.82) is 0 Å². The summed E-state index contributed by atoms with van der Waals surface area (Å²) in [6.45, 7) is 2.38. The number of unbranched alkanes of at least 4 members (excludes halogenated alkanes) is 8. The zero-order chi connectivity index (χ0) is 21.3. The van der Waals surface area contributed by atoms with Crippen LogP contribution in [-0.2, 0) is 0 Å². The zero-order valence-corrected chi connectivity index (χ0v) is 17.7. The Bertz CT molecular complexity index is 568. The minimum absolute atomic E-state index is 0.0326. The molecule has 0 fully saturated rings. The lowest BCUT2D eigenvalue weighted by Gasteiger charge is -2.14. The van der Waals surface area contributed by atoms with Crippen molar-refractivity contribution in [3.63, 3.8) is 0 Å². The third kappa shape index (κ3) is 12.1. The summed E-state index contributed by atoms with van der Waals surface area (Å²) in [5.74, 6) is 0.648. The monoisotopic (exact) mass is 408 g/mol. The van der Waals surface area contributed by atoms with Gasteiger partial charge in [0.25, 0.3) is 0 Å². The molecule has 0 saturated heterocycles. The molecule has 0 aromatic heterocycles. The fourth-order valence-corrected chi connectivity index (χ4v) is 3.45. The Kier molecular flexibility index (Phi) is 13.5. The molecule has 1 aromatic rings. The van der Waals surface area contributed by atoms with E-state index in [0.29, 0.717) is 12.2 Å². The first-order valence-corrected chi connectivity index (χ1v) is 11.0. The van der Waals surface area contributed by atoms with Crippen molar-refractivity contribution in [3.05, 3.63) is 50.6 Å². The Morgan fingerprint density at radius 1 is 0.793 bits per heavy atom. The van der Waals surface area contributed by atoms with Gasteiger partial charge in [0.1, 0.15) is 5.75 Å². The number of para-hydroxylation sites is 1. The second kappa shape index (κ2) is 15.7. The third-order valence-corrected chi connectivity index (χ3v) is 5.24. The number of hydrogen-bond acceptors (Lipinski definition) is 5. The highest BCUT2D eigenvalue weighted by Gasteiger charge is 2.31. The molecule has 1 aromatic carbocycles. The van der Waals surface area contributed by atoms with Crippen molar-refractivity contribution in [1.82, 2.24) is 0 Å². The summed E-state index contributed by atoms with van der Waals surface area (Å²) >= 11 is 0. The summed E-state index contributed by atoms with van der Waals surface area (Å²) in [7, 11) is 0. The van der Waals surface area contributed by atoms with Gasteiger partial charge in [0, 0.05) is 22.7 Å². The number of benzene rings is 1. The molecule has 0 spiro atoms. The van der Waals surface area contributed by atoms with Gasteiger partial charge in [-0.25, -0.2) is 0 Å². The Morgan fingerprint density at radius 3 is 1.86 bits per heavy atom. The van der Waals surface area contributed by atoms with Crippen molar-refractivity contribution in [2.45, 2.75) is 96.1 Å². The lowest BCUT2D eigenvalue weighted by Crippen LogP contribution is -2.31. The van der Waals surface area contributed by atoms with Gasteiger partial charge in [0.2, 0.25) is 12.1 Å². The fourth-order valence-electron chi connectivity index (χ4n) is 3.45. The quantitative estimate of drug-likeness (QED) is 0.167. The van der Waals surface area contributed by atoms with Gasteiger partial charge in [0.15, 0.2) is 0 Å². The molecule has 0 bridgehead atoms. The van der Waals surface area contributed by atoms with Crippen molar-refractivity contribution in [3.8, 4) is 5.75 Å².